The normalized spacial score (nSPS) is 9.97. The average Bonchev–Trinajstić information content (AvgIpc) is 2.74. The lowest BCUT2D eigenvalue weighted by atomic mass is 10.1. The number of hydrogen-bond donors (Lipinski definition) is 3. The van der Waals surface area contributed by atoms with E-state index in [0.717, 1.165) is 27.2 Å². The molecule has 0 aliphatic rings. The van der Waals surface area contributed by atoms with E-state index in [2.05, 4.69) is 49.9 Å². The number of fused-ring (bicyclic) bond motifs is 1. The fraction of sp³-hybridized carbons (Fsp3) is 0. The molecule has 0 unspecified atom stereocenters. The van der Waals surface area contributed by atoms with E-state index in [1.807, 2.05) is 24.3 Å². The molecule has 0 saturated carbocycles. The second kappa shape index (κ2) is 11.5. The van der Waals surface area contributed by atoms with Gasteiger partial charge in [0.05, 0.1) is 16.8 Å². The number of halogens is 2. The standard InChI is InChI=1S/C19H12BrClN4O.C3H5NO/c20-13-2-1-3-14(8-13)25-19-12(10-22)11-23-17-5-4-15(9-16(17)19)24-18(26)6-7-21;1-2-3(4)5/h1-9,11H,(H,23,25)(H,24,26);2H,1H2,(H2,4,5). The van der Waals surface area contributed by atoms with Gasteiger partial charge in [0.15, 0.2) is 0 Å². The number of anilines is 3. The Hall–Kier alpha value is -3.67. The number of hydrogen-bond acceptors (Lipinski definition) is 5. The summed E-state index contributed by atoms with van der Waals surface area (Å²) in [6, 6.07) is 15.1. The Morgan fingerprint density at radius 1 is 1.23 bits per heavy atom. The minimum absolute atomic E-state index is 0.342. The number of pyridine rings is 1. The van der Waals surface area contributed by atoms with Gasteiger partial charge >= 0.3 is 0 Å². The van der Waals surface area contributed by atoms with Crippen molar-refractivity contribution in [2.75, 3.05) is 10.6 Å². The quantitative estimate of drug-likeness (QED) is 0.429. The van der Waals surface area contributed by atoms with Gasteiger partial charge < -0.3 is 16.4 Å². The summed E-state index contributed by atoms with van der Waals surface area (Å²) in [5.41, 5.74) is 8.81. The largest absolute Gasteiger partial charge is 0.366 e. The van der Waals surface area contributed by atoms with Crippen molar-refractivity contribution in [3.05, 3.63) is 83.0 Å². The first-order chi connectivity index (χ1) is 14.9. The molecule has 0 spiro atoms. The molecule has 2 aromatic carbocycles. The highest BCUT2D eigenvalue weighted by molar-refractivity contribution is 9.10. The van der Waals surface area contributed by atoms with Crippen LogP contribution in [0.15, 0.2) is 77.4 Å². The van der Waals surface area contributed by atoms with E-state index in [-0.39, 0.29) is 5.91 Å². The summed E-state index contributed by atoms with van der Waals surface area (Å²) in [5.74, 6) is -0.824. The van der Waals surface area contributed by atoms with Gasteiger partial charge in [-0.05, 0) is 42.5 Å². The van der Waals surface area contributed by atoms with E-state index < -0.39 is 5.91 Å². The van der Waals surface area contributed by atoms with Gasteiger partial charge in [-0.2, -0.15) is 5.26 Å². The second-order valence-electron chi connectivity index (χ2n) is 5.91. The second-order valence-corrected chi connectivity index (χ2v) is 7.08. The van der Waals surface area contributed by atoms with Crippen molar-refractivity contribution < 1.29 is 9.59 Å². The van der Waals surface area contributed by atoms with Crippen molar-refractivity contribution in [2.24, 2.45) is 5.73 Å². The van der Waals surface area contributed by atoms with Crippen LogP contribution in [0.2, 0.25) is 0 Å². The first-order valence-corrected chi connectivity index (χ1v) is 9.96. The molecular formula is C22H17BrClN5O2. The molecule has 0 aliphatic carbocycles. The molecule has 0 saturated heterocycles. The molecule has 31 heavy (non-hydrogen) atoms. The molecule has 0 aliphatic heterocycles. The van der Waals surface area contributed by atoms with E-state index in [4.69, 9.17) is 11.6 Å². The predicted octanol–water partition coefficient (Wildman–Crippen LogP) is 4.96. The van der Waals surface area contributed by atoms with E-state index in [0.29, 0.717) is 22.5 Å². The van der Waals surface area contributed by atoms with E-state index in [9.17, 15) is 14.9 Å². The smallest absolute Gasteiger partial charge is 0.249 e. The number of nitrogens with one attached hydrogen (secondary N) is 2. The monoisotopic (exact) mass is 497 g/mol. The molecule has 3 aromatic rings. The molecule has 0 radical (unpaired) electrons. The SMILES string of the molecule is C=CC(N)=O.N#Cc1cnc2ccc(NC(=O)C=CCl)cc2c1Nc1cccc(Br)c1. The van der Waals surface area contributed by atoms with Gasteiger partial charge in [-0.25, -0.2) is 0 Å². The summed E-state index contributed by atoms with van der Waals surface area (Å²) in [5, 5.41) is 16.2. The van der Waals surface area contributed by atoms with Crippen LogP contribution >= 0.6 is 27.5 Å². The molecule has 2 amide bonds. The van der Waals surface area contributed by atoms with Crippen molar-refractivity contribution >= 4 is 67.3 Å². The van der Waals surface area contributed by atoms with Gasteiger partial charge in [-0.1, -0.05) is 40.2 Å². The van der Waals surface area contributed by atoms with Gasteiger partial charge in [0.1, 0.15) is 6.07 Å². The van der Waals surface area contributed by atoms with Gasteiger partial charge in [0.25, 0.3) is 0 Å². The number of nitriles is 1. The lowest BCUT2D eigenvalue weighted by Gasteiger charge is -2.13. The summed E-state index contributed by atoms with van der Waals surface area (Å²) in [6.07, 6.45) is 3.80. The summed E-state index contributed by atoms with van der Waals surface area (Å²) in [6.45, 7) is 3.09. The predicted molar refractivity (Wildman–Crippen MR) is 127 cm³/mol. The van der Waals surface area contributed by atoms with E-state index >= 15 is 0 Å². The molecule has 1 aromatic heterocycles. The molecule has 4 N–H and O–H groups in total. The zero-order valence-electron chi connectivity index (χ0n) is 16.1. The highest BCUT2D eigenvalue weighted by Crippen LogP contribution is 2.31. The topological polar surface area (TPSA) is 121 Å². The lowest BCUT2D eigenvalue weighted by molar-refractivity contribution is -0.113. The maximum absolute atomic E-state index is 11.7. The number of nitrogens with two attached hydrogens (primary N) is 1. The lowest BCUT2D eigenvalue weighted by Crippen LogP contribution is -2.07. The molecule has 0 fully saturated rings. The number of aromatic nitrogens is 1. The molecule has 9 heteroatoms. The third-order valence-corrected chi connectivity index (χ3v) is 4.38. The van der Waals surface area contributed by atoms with Crippen LogP contribution in [0.25, 0.3) is 10.9 Å². The minimum Gasteiger partial charge on any atom is -0.366 e. The van der Waals surface area contributed by atoms with Gasteiger partial charge in [-0.3, -0.25) is 14.6 Å². The third-order valence-electron chi connectivity index (χ3n) is 3.77. The first-order valence-electron chi connectivity index (χ1n) is 8.73. The number of amides is 2. The van der Waals surface area contributed by atoms with Crippen LogP contribution in [0.5, 0.6) is 0 Å². The maximum Gasteiger partial charge on any atom is 0.249 e. The Bertz CT molecular complexity index is 1200. The van der Waals surface area contributed by atoms with Crippen LogP contribution < -0.4 is 16.4 Å². The summed E-state index contributed by atoms with van der Waals surface area (Å²) in [4.78, 5) is 25.5. The van der Waals surface area contributed by atoms with Crippen molar-refractivity contribution in [3.8, 4) is 6.07 Å². The van der Waals surface area contributed by atoms with E-state index in [1.165, 1.54) is 12.3 Å². The Morgan fingerprint density at radius 2 is 1.97 bits per heavy atom. The third kappa shape index (κ3) is 6.96. The first kappa shape index (κ1) is 23.6. The van der Waals surface area contributed by atoms with E-state index in [1.54, 1.807) is 18.2 Å². The fourth-order valence-electron chi connectivity index (χ4n) is 2.44. The summed E-state index contributed by atoms with van der Waals surface area (Å²) < 4.78 is 0.917. The highest BCUT2D eigenvalue weighted by Gasteiger charge is 2.11. The summed E-state index contributed by atoms with van der Waals surface area (Å²) >= 11 is 8.86. The zero-order valence-corrected chi connectivity index (χ0v) is 18.4. The zero-order chi connectivity index (χ0) is 22.8. The van der Waals surface area contributed by atoms with Gasteiger partial charge in [0, 0.05) is 39.0 Å². The van der Waals surface area contributed by atoms with Crippen molar-refractivity contribution in [2.45, 2.75) is 0 Å². The molecule has 1 heterocycles. The Labute approximate surface area is 192 Å². The van der Waals surface area contributed by atoms with Crippen molar-refractivity contribution in [3.63, 3.8) is 0 Å². The van der Waals surface area contributed by atoms with Crippen LogP contribution in [-0.4, -0.2) is 16.8 Å². The Morgan fingerprint density at radius 3 is 2.58 bits per heavy atom. The number of rotatable bonds is 5. The number of carbonyl (C=O) groups excluding carboxylic acids is 2. The molecule has 3 rings (SSSR count). The molecule has 0 bridgehead atoms. The Balaban J connectivity index is 0.000000614. The van der Waals surface area contributed by atoms with Crippen LogP contribution in [0.4, 0.5) is 17.1 Å². The Kier molecular flexibility index (Phi) is 8.76. The van der Waals surface area contributed by atoms with Crippen LogP contribution in [-0.2, 0) is 9.59 Å². The van der Waals surface area contributed by atoms with Crippen LogP contribution in [0.3, 0.4) is 0 Å². The maximum atomic E-state index is 11.7. The number of nitrogens with zero attached hydrogens (tertiary/aromatic N) is 2. The summed E-state index contributed by atoms with van der Waals surface area (Å²) in [7, 11) is 0. The van der Waals surface area contributed by atoms with Crippen LogP contribution in [0.1, 0.15) is 5.56 Å². The minimum atomic E-state index is -0.481. The number of primary amides is 1. The highest BCUT2D eigenvalue weighted by atomic mass is 79.9. The molecule has 7 nitrogen and oxygen atoms in total. The molecular weight excluding hydrogens is 482 g/mol. The van der Waals surface area contributed by atoms with Crippen molar-refractivity contribution in [1.29, 1.82) is 5.26 Å². The van der Waals surface area contributed by atoms with Crippen LogP contribution in [0, 0.1) is 11.3 Å². The number of carbonyl (C=O) groups is 2. The number of benzene rings is 2. The van der Waals surface area contributed by atoms with Gasteiger partial charge in [0.2, 0.25) is 11.8 Å². The molecule has 0 atom stereocenters. The fourth-order valence-corrected chi connectivity index (χ4v) is 2.96. The molecule has 156 valence electrons. The van der Waals surface area contributed by atoms with Crippen molar-refractivity contribution in [1.82, 2.24) is 4.98 Å². The van der Waals surface area contributed by atoms with Gasteiger partial charge in [-0.15, -0.1) is 0 Å². The average molecular weight is 499 g/mol.